The third kappa shape index (κ3) is 9.07. The summed E-state index contributed by atoms with van der Waals surface area (Å²) in [5, 5.41) is 4.94. The summed E-state index contributed by atoms with van der Waals surface area (Å²) in [6, 6.07) is 13.8. The van der Waals surface area contributed by atoms with E-state index in [2.05, 4.69) is 15.4 Å². The van der Waals surface area contributed by atoms with E-state index in [0.29, 0.717) is 6.42 Å². The van der Waals surface area contributed by atoms with Crippen LogP contribution >= 0.6 is 0 Å². The van der Waals surface area contributed by atoms with Crippen LogP contribution in [0.1, 0.15) is 64.0 Å². The van der Waals surface area contributed by atoms with Gasteiger partial charge in [0.15, 0.2) is 6.10 Å². The van der Waals surface area contributed by atoms with Gasteiger partial charge in [-0.25, -0.2) is 32.3 Å². The van der Waals surface area contributed by atoms with Crippen LogP contribution in [0.2, 0.25) is 0 Å². The van der Waals surface area contributed by atoms with Crippen molar-refractivity contribution in [3.05, 3.63) is 88.7 Å². The third-order valence-electron chi connectivity index (χ3n) is 7.51. The summed E-state index contributed by atoms with van der Waals surface area (Å²) in [7, 11) is 0. The van der Waals surface area contributed by atoms with Crippen LogP contribution in [-0.4, -0.2) is 55.0 Å². The third-order valence-corrected chi connectivity index (χ3v) is 7.51. The zero-order valence-corrected chi connectivity index (χ0v) is 27.5. The van der Waals surface area contributed by atoms with E-state index in [1.165, 1.54) is 0 Å². The van der Waals surface area contributed by atoms with E-state index in [4.69, 9.17) is 14.2 Å². The number of carbonyl (C=O) groups excluding carboxylic acids is 4. The first-order valence-electron chi connectivity index (χ1n) is 15.6. The highest BCUT2D eigenvalue weighted by Crippen LogP contribution is 2.44. The molecule has 0 bridgehead atoms. The van der Waals surface area contributed by atoms with Gasteiger partial charge in [0.05, 0.1) is 0 Å². The summed E-state index contributed by atoms with van der Waals surface area (Å²) < 4.78 is 88.7. The Morgan fingerprint density at radius 1 is 0.760 bits per heavy atom. The molecular formula is C35H35F5N2O8. The number of hydrogen-bond donors (Lipinski definition) is 2. The number of benzene rings is 3. The van der Waals surface area contributed by atoms with Crippen LogP contribution in [0, 0.1) is 29.1 Å². The maximum absolute atomic E-state index is 14.0. The first-order valence-corrected chi connectivity index (χ1v) is 15.6. The molecule has 2 atom stereocenters. The normalized spacial score (nSPS) is 13.4. The number of esters is 2. The second kappa shape index (κ2) is 16.0. The highest BCUT2D eigenvalue weighted by molar-refractivity contribution is 5.85. The molecule has 0 unspecified atom stereocenters. The summed E-state index contributed by atoms with van der Waals surface area (Å²) in [5.41, 5.74) is 3.14. The Labute approximate surface area is 284 Å². The second-order valence-electron chi connectivity index (χ2n) is 12.3. The number of rotatable bonds is 12. The van der Waals surface area contributed by atoms with Crippen molar-refractivity contribution in [3.8, 4) is 16.9 Å². The SMILES string of the molecule is C[C@H](OC(=O)[C@H](CCCCNC(=O)OC(C)(C)C)NC(=O)OCC1c2ccccc2-c2ccccc21)C(=O)Oc1c(F)c(F)c(F)c(F)c1F. The summed E-state index contributed by atoms with van der Waals surface area (Å²) in [5.74, 6) is -17.0. The van der Waals surface area contributed by atoms with Crippen molar-refractivity contribution in [3.63, 3.8) is 0 Å². The molecule has 4 rings (SSSR count). The van der Waals surface area contributed by atoms with E-state index in [-0.39, 0.29) is 31.9 Å². The molecule has 268 valence electrons. The molecule has 50 heavy (non-hydrogen) atoms. The first-order chi connectivity index (χ1) is 23.6. The zero-order valence-electron chi connectivity index (χ0n) is 27.5. The van der Waals surface area contributed by atoms with Gasteiger partial charge in [0, 0.05) is 12.5 Å². The van der Waals surface area contributed by atoms with E-state index in [9.17, 15) is 41.1 Å². The average Bonchev–Trinajstić information content (AvgIpc) is 3.39. The number of ether oxygens (including phenoxy) is 4. The standard InChI is InChI=1S/C35H35F5N2O8/c1-18(31(43)49-30-28(39)26(37)25(36)27(38)29(30)40)48-32(44)24(15-9-10-16-41-33(45)50-35(2,3)4)42-34(46)47-17-23-21-13-7-5-11-19(21)20-12-6-8-14-22(20)23/h5-8,11-14,18,23-24H,9-10,15-17H2,1-4H3,(H,41,45)(H,42,46)/t18-,24-/m0/s1. The quantitative estimate of drug-likeness (QED) is 0.0400. The number of unbranched alkanes of at least 4 members (excludes halogenated alkanes) is 1. The van der Waals surface area contributed by atoms with Crippen molar-refractivity contribution in [2.24, 2.45) is 0 Å². The van der Waals surface area contributed by atoms with Gasteiger partial charge in [-0.2, -0.15) is 8.78 Å². The number of amides is 2. The second-order valence-corrected chi connectivity index (χ2v) is 12.3. The molecule has 15 heteroatoms. The fraction of sp³-hybridized carbons (Fsp3) is 0.371. The Kier molecular flexibility index (Phi) is 12.0. The van der Waals surface area contributed by atoms with Gasteiger partial charge >= 0.3 is 24.1 Å². The molecular weight excluding hydrogens is 671 g/mol. The maximum atomic E-state index is 14.0. The van der Waals surface area contributed by atoms with Gasteiger partial charge in [-0.05, 0) is 69.2 Å². The zero-order chi connectivity index (χ0) is 36.7. The molecule has 2 amide bonds. The van der Waals surface area contributed by atoms with E-state index in [1.54, 1.807) is 20.8 Å². The Morgan fingerprint density at radius 3 is 1.86 bits per heavy atom. The smallest absolute Gasteiger partial charge is 0.407 e. The summed E-state index contributed by atoms with van der Waals surface area (Å²) >= 11 is 0. The largest absolute Gasteiger partial charge is 0.449 e. The highest BCUT2D eigenvalue weighted by Gasteiger charge is 2.33. The summed E-state index contributed by atoms with van der Waals surface area (Å²) in [4.78, 5) is 50.5. The molecule has 1 aliphatic rings. The number of halogens is 5. The van der Waals surface area contributed by atoms with Gasteiger partial charge in [-0.1, -0.05) is 48.5 Å². The van der Waals surface area contributed by atoms with Crippen molar-refractivity contribution in [2.45, 2.75) is 70.6 Å². The number of hydrogen-bond acceptors (Lipinski definition) is 8. The van der Waals surface area contributed by atoms with Crippen LogP contribution in [-0.2, 0) is 23.8 Å². The molecule has 1 aliphatic carbocycles. The average molecular weight is 707 g/mol. The topological polar surface area (TPSA) is 129 Å². The van der Waals surface area contributed by atoms with Gasteiger partial charge in [0.25, 0.3) is 0 Å². The maximum Gasteiger partial charge on any atom is 0.407 e. The van der Waals surface area contributed by atoms with Crippen molar-refractivity contribution >= 4 is 24.1 Å². The Balaban J connectivity index is 1.41. The van der Waals surface area contributed by atoms with E-state index < -0.39 is 76.7 Å². The highest BCUT2D eigenvalue weighted by atomic mass is 19.2. The Hall–Kier alpha value is -5.21. The van der Waals surface area contributed by atoms with E-state index in [0.717, 1.165) is 29.2 Å². The molecule has 0 aliphatic heterocycles. The van der Waals surface area contributed by atoms with Crippen LogP contribution in [0.3, 0.4) is 0 Å². The van der Waals surface area contributed by atoms with Gasteiger partial charge in [0.2, 0.25) is 34.8 Å². The molecule has 0 saturated heterocycles. The van der Waals surface area contributed by atoms with Crippen molar-refractivity contribution < 1.29 is 60.1 Å². The van der Waals surface area contributed by atoms with Crippen LogP contribution in [0.5, 0.6) is 5.75 Å². The monoisotopic (exact) mass is 706 g/mol. The predicted octanol–water partition coefficient (Wildman–Crippen LogP) is 6.82. The Bertz CT molecular complexity index is 1690. The minimum absolute atomic E-state index is 0.0849. The van der Waals surface area contributed by atoms with Crippen LogP contribution in [0.15, 0.2) is 48.5 Å². The van der Waals surface area contributed by atoms with Crippen molar-refractivity contribution in [1.82, 2.24) is 10.6 Å². The van der Waals surface area contributed by atoms with Gasteiger partial charge in [-0.15, -0.1) is 0 Å². The summed E-state index contributed by atoms with van der Waals surface area (Å²) in [6.07, 6.45) is -3.13. The molecule has 0 radical (unpaired) electrons. The van der Waals surface area contributed by atoms with Crippen molar-refractivity contribution in [1.29, 1.82) is 0 Å². The number of alkyl carbamates (subject to hydrolysis) is 2. The van der Waals surface area contributed by atoms with Crippen LogP contribution in [0.4, 0.5) is 31.5 Å². The fourth-order valence-electron chi connectivity index (χ4n) is 5.17. The fourth-order valence-corrected chi connectivity index (χ4v) is 5.17. The molecule has 0 saturated carbocycles. The van der Waals surface area contributed by atoms with Gasteiger partial charge < -0.3 is 29.6 Å². The minimum Gasteiger partial charge on any atom is -0.449 e. The van der Waals surface area contributed by atoms with Crippen LogP contribution < -0.4 is 15.4 Å². The lowest BCUT2D eigenvalue weighted by Gasteiger charge is -2.21. The molecule has 2 N–H and O–H groups in total. The first kappa shape index (κ1) is 37.6. The molecule has 0 aromatic heterocycles. The lowest BCUT2D eigenvalue weighted by Crippen LogP contribution is -2.44. The van der Waals surface area contributed by atoms with Crippen LogP contribution in [0.25, 0.3) is 11.1 Å². The number of nitrogens with one attached hydrogen (secondary N) is 2. The van der Waals surface area contributed by atoms with Crippen molar-refractivity contribution in [2.75, 3.05) is 13.2 Å². The number of fused-ring (bicyclic) bond motifs is 3. The molecule has 0 heterocycles. The minimum atomic E-state index is -2.46. The number of carbonyl (C=O) groups is 4. The summed E-state index contributed by atoms with van der Waals surface area (Å²) in [6.45, 7) is 6.06. The van der Waals surface area contributed by atoms with Gasteiger partial charge in [-0.3, -0.25) is 0 Å². The lowest BCUT2D eigenvalue weighted by atomic mass is 9.98. The lowest BCUT2D eigenvalue weighted by molar-refractivity contribution is -0.162. The molecule has 0 spiro atoms. The Morgan fingerprint density at radius 2 is 1.30 bits per heavy atom. The van der Waals surface area contributed by atoms with E-state index >= 15 is 0 Å². The predicted molar refractivity (Wildman–Crippen MR) is 168 cm³/mol. The molecule has 3 aromatic carbocycles. The molecule has 3 aromatic rings. The van der Waals surface area contributed by atoms with Gasteiger partial charge in [0.1, 0.15) is 18.2 Å². The molecule has 0 fully saturated rings. The molecule has 10 nitrogen and oxygen atoms in total. The van der Waals surface area contributed by atoms with E-state index in [1.807, 2.05) is 48.5 Å².